The highest BCUT2D eigenvalue weighted by Crippen LogP contribution is 2.32. The maximum Gasteiger partial charge on any atom is 0.0348 e. The lowest BCUT2D eigenvalue weighted by Crippen LogP contribution is -2.35. The standard InChI is InChI=1S/C15H19NS/c1-11-14(10-12-6-4-5-9-16-12)13-7-2-3-8-15(13)17-11/h2-3,7-8,12,16H,4-6,9-10H2,1H3. The maximum absolute atomic E-state index is 3.65. The Morgan fingerprint density at radius 3 is 3.00 bits per heavy atom. The lowest BCUT2D eigenvalue weighted by molar-refractivity contribution is 0.400. The predicted octanol–water partition coefficient (Wildman–Crippen LogP) is 3.89. The van der Waals surface area contributed by atoms with Crippen LogP contribution in [0.2, 0.25) is 0 Å². The molecule has 1 atom stereocenters. The van der Waals surface area contributed by atoms with Crippen molar-refractivity contribution in [2.24, 2.45) is 0 Å². The Bertz CT molecular complexity index is 509. The fraction of sp³-hybridized carbons (Fsp3) is 0.467. The maximum atomic E-state index is 3.65. The first-order valence-electron chi connectivity index (χ1n) is 6.55. The number of aryl methyl sites for hydroxylation is 1. The second kappa shape index (κ2) is 4.79. The van der Waals surface area contributed by atoms with Crippen molar-refractivity contribution in [3.8, 4) is 0 Å². The van der Waals surface area contributed by atoms with Gasteiger partial charge in [0.15, 0.2) is 0 Å². The molecule has 1 unspecified atom stereocenters. The Kier molecular flexibility index (Phi) is 3.17. The van der Waals surface area contributed by atoms with Gasteiger partial charge in [0.25, 0.3) is 0 Å². The van der Waals surface area contributed by atoms with Crippen LogP contribution in [0, 0.1) is 6.92 Å². The first kappa shape index (κ1) is 11.2. The second-order valence-electron chi connectivity index (χ2n) is 4.98. The van der Waals surface area contributed by atoms with E-state index in [0.29, 0.717) is 6.04 Å². The first-order valence-corrected chi connectivity index (χ1v) is 7.36. The van der Waals surface area contributed by atoms with Gasteiger partial charge in [0.1, 0.15) is 0 Å². The Morgan fingerprint density at radius 1 is 1.29 bits per heavy atom. The molecule has 2 heterocycles. The fourth-order valence-corrected chi connectivity index (χ4v) is 3.91. The molecule has 17 heavy (non-hydrogen) atoms. The number of rotatable bonds is 2. The summed E-state index contributed by atoms with van der Waals surface area (Å²) in [6.07, 6.45) is 5.28. The summed E-state index contributed by atoms with van der Waals surface area (Å²) in [5.41, 5.74) is 1.57. The van der Waals surface area contributed by atoms with E-state index in [4.69, 9.17) is 0 Å². The van der Waals surface area contributed by atoms with E-state index in [1.165, 1.54) is 47.2 Å². The molecule has 0 aliphatic carbocycles. The Morgan fingerprint density at radius 2 is 2.18 bits per heavy atom. The van der Waals surface area contributed by atoms with Gasteiger partial charge in [-0.2, -0.15) is 0 Å². The zero-order chi connectivity index (χ0) is 11.7. The van der Waals surface area contributed by atoms with E-state index in [2.05, 4.69) is 36.5 Å². The minimum Gasteiger partial charge on any atom is -0.314 e. The molecule has 1 N–H and O–H groups in total. The van der Waals surface area contributed by atoms with Crippen LogP contribution in [0.15, 0.2) is 24.3 Å². The Labute approximate surface area is 107 Å². The van der Waals surface area contributed by atoms with E-state index in [9.17, 15) is 0 Å². The summed E-state index contributed by atoms with van der Waals surface area (Å²) in [4.78, 5) is 1.50. The number of nitrogens with one attached hydrogen (secondary N) is 1. The molecule has 2 aromatic rings. The van der Waals surface area contributed by atoms with Crippen molar-refractivity contribution >= 4 is 21.4 Å². The monoisotopic (exact) mass is 245 g/mol. The van der Waals surface area contributed by atoms with Crippen LogP contribution in [0.5, 0.6) is 0 Å². The summed E-state index contributed by atoms with van der Waals surface area (Å²) in [7, 11) is 0. The van der Waals surface area contributed by atoms with Crippen LogP contribution >= 0.6 is 11.3 Å². The number of hydrogen-bond donors (Lipinski definition) is 1. The van der Waals surface area contributed by atoms with Crippen LogP contribution in [-0.2, 0) is 6.42 Å². The predicted molar refractivity (Wildman–Crippen MR) is 75.9 cm³/mol. The van der Waals surface area contributed by atoms with Crippen molar-refractivity contribution in [1.29, 1.82) is 0 Å². The van der Waals surface area contributed by atoms with Crippen molar-refractivity contribution < 1.29 is 0 Å². The smallest absolute Gasteiger partial charge is 0.0348 e. The molecule has 1 aromatic carbocycles. The van der Waals surface area contributed by atoms with E-state index in [1.807, 2.05) is 11.3 Å². The van der Waals surface area contributed by atoms with Crippen LogP contribution in [-0.4, -0.2) is 12.6 Å². The van der Waals surface area contributed by atoms with E-state index >= 15 is 0 Å². The van der Waals surface area contributed by atoms with Crippen molar-refractivity contribution in [3.63, 3.8) is 0 Å². The number of piperidine rings is 1. The zero-order valence-electron chi connectivity index (χ0n) is 10.3. The molecule has 2 heteroatoms. The molecular formula is C15H19NS. The van der Waals surface area contributed by atoms with Crippen LogP contribution < -0.4 is 5.32 Å². The summed E-state index contributed by atoms with van der Waals surface area (Å²) >= 11 is 1.94. The third-order valence-electron chi connectivity index (χ3n) is 3.76. The quantitative estimate of drug-likeness (QED) is 0.846. The van der Waals surface area contributed by atoms with E-state index < -0.39 is 0 Å². The van der Waals surface area contributed by atoms with Crippen molar-refractivity contribution in [3.05, 3.63) is 34.7 Å². The second-order valence-corrected chi connectivity index (χ2v) is 6.24. The molecule has 0 bridgehead atoms. The summed E-state index contributed by atoms with van der Waals surface area (Å²) in [6.45, 7) is 3.47. The molecule has 1 aromatic heterocycles. The van der Waals surface area contributed by atoms with Gasteiger partial charge in [0.05, 0.1) is 0 Å². The van der Waals surface area contributed by atoms with Gasteiger partial charge in [-0.1, -0.05) is 24.6 Å². The Balaban J connectivity index is 1.90. The number of fused-ring (bicyclic) bond motifs is 1. The first-order chi connectivity index (χ1) is 8.34. The van der Waals surface area contributed by atoms with Gasteiger partial charge in [-0.05, 0) is 49.7 Å². The molecule has 0 spiro atoms. The molecule has 1 nitrogen and oxygen atoms in total. The SMILES string of the molecule is Cc1sc2ccccc2c1CC1CCCCN1. The van der Waals surface area contributed by atoms with Crippen LogP contribution in [0.4, 0.5) is 0 Å². The average molecular weight is 245 g/mol. The number of benzene rings is 1. The summed E-state index contributed by atoms with van der Waals surface area (Å²) in [6, 6.07) is 9.51. The molecule has 1 fully saturated rings. The van der Waals surface area contributed by atoms with Gasteiger partial charge < -0.3 is 5.32 Å². The molecule has 0 radical (unpaired) electrons. The number of thiophene rings is 1. The van der Waals surface area contributed by atoms with E-state index in [-0.39, 0.29) is 0 Å². The van der Waals surface area contributed by atoms with Crippen molar-refractivity contribution in [2.75, 3.05) is 6.54 Å². The molecule has 1 saturated heterocycles. The van der Waals surface area contributed by atoms with Gasteiger partial charge in [0.2, 0.25) is 0 Å². The molecular weight excluding hydrogens is 226 g/mol. The molecule has 1 aliphatic heterocycles. The van der Waals surface area contributed by atoms with Crippen LogP contribution in [0.25, 0.3) is 10.1 Å². The zero-order valence-corrected chi connectivity index (χ0v) is 11.1. The molecule has 3 rings (SSSR count). The largest absolute Gasteiger partial charge is 0.314 e. The summed E-state index contributed by atoms with van der Waals surface area (Å²) < 4.78 is 1.44. The normalized spacial score (nSPS) is 20.9. The van der Waals surface area contributed by atoms with Crippen molar-refractivity contribution in [2.45, 2.75) is 38.6 Å². The van der Waals surface area contributed by atoms with Crippen LogP contribution in [0.1, 0.15) is 29.7 Å². The van der Waals surface area contributed by atoms with E-state index in [1.54, 1.807) is 5.56 Å². The molecule has 0 amide bonds. The number of hydrogen-bond acceptors (Lipinski definition) is 2. The summed E-state index contributed by atoms with van der Waals surface area (Å²) in [5.74, 6) is 0. The van der Waals surface area contributed by atoms with Gasteiger partial charge in [-0.3, -0.25) is 0 Å². The highest BCUT2D eigenvalue weighted by atomic mass is 32.1. The van der Waals surface area contributed by atoms with Crippen LogP contribution in [0.3, 0.4) is 0 Å². The molecule has 90 valence electrons. The minimum absolute atomic E-state index is 0.695. The lowest BCUT2D eigenvalue weighted by Gasteiger charge is -2.23. The third kappa shape index (κ3) is 2.24. The highest BCUT2D eigenvalue weighted by molar-refractivity contribution is 7.19. The van der Waals surface area contributed by atoms with Gasteiger partial charge >= 0.3 is 0 Å². The minimum atomic E-state index is 0.695. The van der Waals surface area contributed by atoms with Gasteiger partial charge in [0, 0.05) is 15.6 Å². The van der Waals surface area contributed by atoms with E-state index in [0.717, 1.165) is 0 Å². The average Bonchev–Trinajstić information content (AvgIpc) is 2.68. The van der Waals surface area contributed by atoms with Gasteiger partial charge in [-0.25, -0.2) is 0 Å². The highest BCUT2D eigenvalue weighted by Gasteiger charge is 2.16. The Hall–Kier alpha value is -0.860. The molecule has 1 aliphatic rings. The molecule has 0 saturated carbocycles. The van der Waals surface area contributed by atoms with Gasteiger partial charge in [-0.15, -0.1) is 11.3 Å². The fourth-order valence-electron chi connectivity index (χ4n) is 2.82. The topological polar surface area (TPSA) is 12.0 Å². The summed E-state index contributed by atoms with van der Waals surface area (Å²) in [5, 5.41) is 5.13. The third-order valence-corrected chi connectivity index (χ3v) is 4.89. The van der Waals surface area contributed by atoms with Crippen molar-refractivity contribution in [1.82, 2.24) is 5.32 Å². The lowest BCUT2D eigenvalue weighted by atomic mass is 9.96.